The van der Waals surface area contributed by atoms with E-state index in [-0.39, 0.29) is 11.6 Å². The SMILES string of the molecule is CC(C)C(C)N(C)c1nc2ccc(N)cc2c(=O)[nH]1. The second-order valence-corrected chi connectivity index (χ2v) is 5.26. The molecule has 0 saturated heterocycles. The third-order valence-corrected chi connectivity index (χ3v) is 3.63. The molecule has 0 aliphatic rings. The van der Waals surface area contributed by atoms with Crippen LogP contribution in [0.1, 0.15) is 20.8 Å². The quantitative estimate of drug-likeness (QED) is 0.827. The van der Waals surface area contributed by atoms with Gasteiger partial charge in [0.1, 0.15) is 0 Å². The Kier molecular flexibility index (Phi) is 3.46. The van der Waals surface area contributed by atoms with E-state index in [0.717, 1.165) is 0 Å². The van der Waals surface area contributed by atoms with Gasteiger partial charge in [-0.2, -0.15) is 0 Å². The zero-order valence-corrected chi connectivity index (χ0v) is 11.8. The molecular formula is C14H20N4O. The lowest BCUT2D eigenvalue weighted by atomic mass is 10.1. The summed E-state index contributed by atoms with van der Waals surface area (Å²) in [6, 6.07) is 5.47. The minimum absolute atomic E-state index is 0.157. The summed E-state index contributed by atoms with van der Waals surface area (Å²) in [6.45, 7) is 6.39. The molecule has 1 aromatic heterocycles. The van der Waals surface area contributed by atoms with Gasteiger partial charge in [0.2, 0.25) is 5.95 Å². The highest BCUT2D eigenvalue weighted by molar-refractivity contribution is 5.81. The Morgan fingerprint density at radius 3 is 2.63 bits per heavy atom. The number of hydrogen-bond acceptors (Lipinski definition) is 4. The lowest BCUT2D eigenvalue weighted by Gasteiger charge is -2.28. The molecular weight excluding hydrogens is 240 g/mol. The zero-order valence-electron chi connectivity index (χ0n) is 11.8. The Morgan fingerprint density at radius 2 is 2.00 bits per heavy atom. The van der Waals surface area contributed by atoms with E-state index in [9.17, 15) is 4.79 Å². The molecule has 1 unspecified atom stereocenters. The van der Waals surface area contributed by atoms with Crippen LogP contribution in [0.2, 0.25) is 0 Å². The average molecular weight is 260 g/mol. The topological polar surface area (TPSA) is 75.0 Å². The Morgan fingerprint density at radius 1 is 1.32 bits per heavy atom. The summed E-state index contributed by atoms with van der Waals surface area (Å²) < 4.78 is 0. The minimum Gasteiger partial charge on any atom is -0.399 e. The van der Waals surface area contributed by atoms with Crippen molar-refractivity contribution in [2.24, 2.45) is 5.92 Å². The molecule has 3 N–H and O–H groups in total. The number of H-pyrrole nitrogens is 1. The molecule has 2 aromatic rings. The molecule has 2 rings (SSSR count). The van der Waals surface area contributed by atoms with Crippen molar-refractivity contribution in [1.82, 2.24) is 9.97 Å². The summed E-state index contributed by atoms with van der Waals surface area (Å²) in [5.41, 5.74) is 6.76. The Bertz CT molecular complexity index is 647. The normalized spacial score (nSPS) is 12.9. The number of anilines is 2. The fourth-order valence-corrected chi connectivity index (χ4v) is 1.95. The van der Waals surface area contributed by atoms with Crippen LogP contribution in [-0.4, -0.2) is 23.1 Å². The predicted molar refractivity (Wildman–Crippen MR) is 79.5 cm³/mol. The van der Waals surface area contributed by atoms with Crippen LogP contribution in [0.15, 0.2) is 23.0 Å². The number of nitrogens with zero attached hydrogens (tertiary/aromatic N) is 2. The lowest BCUT2D eigenvalue weighted by Crippen LogP contribution is -2.35. The van der Waals surface area contributed by atoms with Crippen molar-refractivity contribution in [2.75, 3.05) is 17.7 Å². The van der Waals surface area contributed by atoms with Crippen LogP contribution in [0.4, 0.5) is 11.6 Å². The Labute approximate surface area is 112 Å². The summed E-state index contributed by atoms with van der Waals surface area (Å²) >= 11 is 0. The first-order valence-corrected chi connectivity index (χ1v) is 6.42. The maximum atomic E-state index is 12.1. The second-order valence-electron chi connectivity index (χ2n) is 5.26. The van der Waals surface area contributed by atoms with E-state index in [1.807, 2.05) is 11.9 Å². The molecule has 0 fully saturated rings. The third kappa shape index (κ3) is 2.54. The second kappa shape index (κ2) is 4.91. The van der Waals surface area contributed by atoms with Gasteiger partial charge in [0.15, 0.2) is 0 Å². The average Bonchev–Trinajstić information content (AvgIpc) is 2.37. The van der Waals surface area contributed by atoms with E-state index in [1.54, 1.807) is 18.2 Å². The molecule has 0 bridgehead atoms. The number of aromatic amines is 1. The smallest absolute Gasteiger partial charge is 0.260 e. The first-order valence-electron chi connectivity index (χ1n) is 6.42. The molecule has 0 aliphatic heterocycles. The van der Waals surface area contributed by atoms with Crippen LogP contribution in [0.5, 0.6) is 0 Å². The van der Waals surface area contributed by atoms with E-state index in [1.165, 1.54) is 0 Å². The van der Waals surface area contributed by atoms with E-state index >= 15 is 0 Å². The van der Waals surface area contributed by atoms with Gasteiger partial charge in [-0.25, -0.2) is 4.98 Å². The summed E-state index contributed by atoms with van der Waals surface area (Å²) in [5, 5.41) is 0.523. The molecule has 1 atom stereocenters. The van der Waals surface area contributed by atoms with Crippen molar-refractivity contribution < 1.29 is 0 Å². The number of benzene rings is 1. The van der Waals surface area contributed by atoms with Gasteiger partial charge in [-0.3, -0.25) is 9.78 Å². The number of fused-ring (bicyclic) bond motifs is 1. The maximum absolute atomic E-state index is 12.1. The molecule has 0 spiro atoms. The minimum atomic E-state index is -0.157. The zero-order chi connectivity index (χ0) is 14.2. The number of nitrogen functional groups attached to an aromatic ring is 1. The van der Waals surface area contributed by atoms with Gasteiger partial charge in [-0.15, -0.1) is 0 Å². The molecule has 1 aromatic carbocycles. The molecule has 0 radical (unpaired) electrons. The van der Waals surface area contributed by atoms with Crippen molar-refractivity contribution in [3.63, 3.8) is 0 Å². The fourth-order valence-electron chi connectivity index (χ4n) is 1.95. The summed E-state index contributed by atoms with van der Waals surface area (Å²) in [7, 11) is 1.94. The number of rotatable bonds is 3. The van der Waals surface area contributed by atoms with E-state index < -0.39 is 0 Å². The first-order chi connectivity index (χ1) is 8.90. The summed E-state index contributed by atoms with van der Waals surface area (Å²) in [6.07, 6.45) is 0. The Hall–Kier alpha value is -2.04. The fraction of sp³-hybridized carbons (Fsp3) is 0.429. The molecule has 5 nitrogen and oxygen atoms in total. The summed E-state index contributed by atoms with van der Waals surface area (Å²) in [5.74, 6) is 1.06. The molecule has 0 aliphatic carbocycles. The van der Waals surface area contributed by atoms with Crippen molar-refractivity contribution in [3.05, 3.63) is 28.6 Å². The van der Waals surface area contributed by atoms with E-state index in [4.69, 9.17) is 5.73 Å². The van der Waals surface area contributed by atoms with Gasteiger partial charge in [-0.1, -0.05) is 13.8 Å². The van der Waals surface area contributed by atoms with Gasteiger partial charge in [0, 0.05) is 18.8 Å². The summed E-state index contributed by atoms with van der Waals surface area (Å²) in [4.78, 5) is 21.4. The standard InChI is InChI=1S/C14H20N4O/c1-8(2)9(3)18(4)14-16-12-6-5-10(15)7-11(12)13(19)17-14/h5-9H,15H2,1-4H3,(H,16,17,19). The van der Waals surface area contributed by atoms with Crippen molar-refractivity contribution in [1.29, 1.82) is 0 Å². The van der Waals surface area contributed by atoms with E-state index in [2.05, 4.69) is 30.7 Å². The third-order valence-electron chi connectivity index (χ3n) is 3.63. The van der Waals surface area contributed by atoms with Crippen LogP contribution < -0.4 is 16.2 Å². The number of hydrogen-bond donors (Lipinski definition) is 2. The molecule has 19 heavy (non-hydrogen) atoms. The largest absolute Gasteiger partial charge is 0.399 e. The number of nitrogens with two attached hydrogens (primary N) is 1. The van der Waals surface area contributed by atoms with Crippen LogP contribution in [0.25, 0.3) is 10.9 Å². The highest BCUT2D eigenvalue weighted by Gasteiger charge is 2.16. The highest BCUT2D eigenvalue weighted by atomic mass is 16.1. The van der Waals surface area contributed by atoms with Gasteiger partial charge < -0.3 is 10.6 Å². The van der Waals surface area contributed by atoms with Crippen LogP contribution in [0, 0.1) is 5.92 Å². The number of aromatic nitrogens is 2. The monoisotopic (exact) mass is 260 g/mol. The van der Waals surface area contributed by atoms with Crippen molar-refractivity contribution in [3.8, 4) is 0 Å². The lowest BCUT2D eigenvalue weighted by molar-refractivity contribution is 0.499. The van der Waals surface area contributed by atoms with Crippen LogP contribution >= 0.6 is 0 Å². The van der Waals surface area contributed by atoms with Crippen LogP contribution in [-0.2, 0) is 0 Å². The molecule has 0 amide bonds. The van der Waals surface area contributed by atoms with Crippen molar-refractivity contribution in [2.45, 2.75) is 26.8 Å². The number of nitrogens with one attached hydrogen (secondary N) is 1. The highest BCUT2D eigenvalue weighted by Crippen LogP contribution is 2.17. The van der Waals surface area contributed by atoms with E-state index in [0.29, 0.717) is 28.5 Å². The van der Waals surface area contributed by atoms with Gasteiger partial charge in [-0.05, 0) is 31.0 Å². The molecule has 1 heterocycles. The van der Waals surface area contributed by atoms with Gasteiger partial charge in [0.25, 0.3) is 5.56 Å². The molecule has 102 valence electrons. The molecule has 5 heteroatoms. The van der Waals surface area contributed by atoms with Gasteiger partial charge >= 0.3 is 0 Å². The maximum Gasteiger partial charge on any atom is 0.260 e. The van der Waals surface area contributed by atoms with Crippen LogP contribution in [0.3, 0.4) is 0 Å². The first kappa shape index (κ1) is 13.4. The molecule has 0 saturated carbocycles. The predicted octanol–water partition coefficient (Wildman–Crippen LogP) is 1.99. The van der Waals surface area contributed by atoms with Gasteiger partial charge in [0.05, 0.1) is 10.9 Å². The Balaban J connectivity index is 2.52. The van der Waals surface area contributed by atoms with Crippen molar-refractivity contribution >= 4 is 22.5 Å².